The lowest BCUT2D eigenvalue weighted by Crippen LogP contribution is -2.32. The number of hydrogen-bond acceptors (Lipinski definition) is 4. The third-order valence-corrected chi connectivity index (χ3v) is 7.80. The summed E-state index contributed by atoms with van der Waals surface area (Å²) in [5.74, 6) is -0.918. The van der Waals surface area contributed by atoms with Crippen LogP contribution in [-0.2, 0) is 16.6 Å². The maximum Gasteiger partial charge on any atom is 0.264 e. The van der Waals surface area contributed by atoms with Gasteiger partial charge in [-0.2, -0.15) is 0 Å². The van der Waals surface area contributed by atoms with Crippen LogP contribution in [-0.4, -0.2) is 26.8 Å². The normalized spacial score (nSPS) is 10.9. The molecule has 0 heterocycles. The van der Waals surface area contributed by atoms with E-state index in [0.29, 0.717) is 5.69 Å². The predicted octanol–water partition coefficient (Wildman–Crippen LogP) is 5.56. The minimum absolute atomic E-state index is 0.0158. The van der Waals surface area contributed by atoms with Crippen LogP contribution in [0.4, 0.5) is 11.4 Å². The Balaban J connectivity index is 1.75. The van der Waals surface area contributed by atoms with Gasteiger partial charge in [0, 0.05) is 6.54 Å². The summed E-state index contributed by atoms with van der Waals surface area (Å²) in [5.41, 5.74) is 2.62. The van der Waals surface area contributed by atoms with Crippen LogP contribution >= 0.6 is 0 Å². The van der Waals surface area contributed by atoms with E-state index in [1.807, 2.05) is 37.3 Å². The van der Waals surface area contributed by atoms with Gasteiger partial charge in [0.1, 0.15) is 0 Å². The Morgan fingerprint density at radius 1 is 0.795 bits per heavy atom. The topological polar surface area (TPSA) is 95.6 Å². The maximum absolute atomic E-state index is 14.0. The molecule has 0 spiro atoms. The lowest BCUT2D eigenvalue weighted by Gasteiger charge is -2.27. The molecule has 0 aliphatic carbocycles. The molecule has 4 aromatic carbocycles. The Morgan fingerprint density at radius 2 is 1.41 bits per heavy atom. The first-order valence-electron chi connectivity index (χ1n) is 12.3. The van der Waals surface area contributed by atoms with Crippen molar-refractivity contribution >= 4 is 33.2 Å². The van der Waals surface area contributed by atoms with Crippen molar-refractivity contribution in [3.05, 3.63) is 138 Å². The quantitative estimate of drug-likeness (QED) is 0.258. The molecule has 7 nitrogen and oxygen atoms in total. The van der Waals surface area contributed by atoms with Gasteiger partial charge in [0.15, 0.2) is 0 Å². The molecule has 198 valence electrons. The largest absolute Gasteiger partial charge is 0.349 e. The van der Waals surface area contributed by atoms with Gasteiger partial charge in [-0.15, -0.1) is 6.58 Å². The monoisotopic (exact) mass is 539 g/mol. The first-order chi connectivity index (χ1) is 18.8. The second kappa shape index (κ2) is 12.2. The minimum atomic E-state index is -4.05. The molecule has 0 saturated carbocycles. The molecule has 0 aliphatic heterocycles. The highest BCUT2D eigenvalue weighted by Gasteiger charge is 2.29. The number of carbonyl (C=O) groups excluding carboxylic acids is 2. The molecule has 0 unspecified atom stereocenters. The molecule has 4 aromatic rings. The first kappa shape index (κ1) is 27.3. The molecule has 4 rings (SSSR count). The van der Waals surface area contributed by atoms with Crippen LogP contribution in [0, 0.1) is 6.92 Å². The van der Waals surface area contributed by atoms with Crippen LogP contribution in [0.2, 0.25) is 0 Å². The van der Waals surface area contributed by atoms with Gasteiger partial charge in [-0.1, -0.05) is 78.4 Å². The van der Waals surface area contributed by atoms with Crippen molar-refractivity contribution in [1.29, 1.82) is 0 Å². The van der Waals surface area contributed by atoms with Crippen LogP contribution in [0.5, 0.6) is 0 Å². The van der Waals surface area contributed by atoms with Crippen molar-refractivity contribution in [2.24, 2.45) is 0 Å². The summed E-state index contributed by atoms with van der Waals surface area (Å²) in [6, 6.07) is 28.9. The highest BCUT2D eigenvalue weighted by atomic mass is 32.2. The van der Waals surface area contributed by atoms with Gasteiger partial charge in [-0.05, 0) is 48.9 Å². The molecule has 39 heavy (non-hydrogen) atoms. The van der Waals surface area contributed by atoms with Gasteiger partial charge in [0.2, 0.25) is 0 Å². The van der Waals surface area contributed by atoms with E-state index in [4.69, 9.17) is 0 Å². The van der Waals surface area contributed by atoms with Crippen molar-refractivity contribution in [2.75, 3.05) is 16.2 Å². The molecule has 0 aromatic heterocycles. The molecule has 0 saturated heterocycles. The van der Waals surface area contributed by atoms with Crippen LogP contribution in [0.15, 0.2) is 121 Å². The van der Waals surface area contributed by atoms with Crippen molar-refractivity contribution in [1.82, 2.24) is 5.32 Å². The van der Waals surface area contributed by atoms with Crippen molar-refractivity contribution < 1.29 is 18.0 Å². The number of hydrogen-bond donors (Lipinski definition) is 2. The predicted molar refractivity (Wildman–Crippen MR) is 154 cm³/mol. The standard InChI is InChI=1S/C31H29N3O4S/c1-3-21-32-30(35)26-13-7-9-15-28(26)33-31(36)27-14-8-10-16-29(27)34(22-24-11-5-4-6-12-24)39(37,38)25-19-17-23(2)18-20-25/h3-20H,1,21-22H2,2H3,(H,32,35)(H,33,36). The van der Waals surface area contributed by atoms with Crippen LogP contribution in [0.25, 0.3) is 0 Å². The summed E-state index contributed by atoms with van der Waals surface area (Å²) in [6.45, 7) is 5.77. The second-order valence-electron chi connectivity index (χ2n) is 8.83. The number of benzene rings is 4. The number of nitrogens with zero attached hydrogens (tertiary/aromatic N) is 1. The molecule has 0 atom stereocenters. The molecular weight excluding hydrogens is 510 g/mol. The number of sulfonamides is 1. The Labute approximate surface area is 228 Å². The van der Waals surface area contributed by atoms with E-state index in [-0.39, 0.29) is 40.7 Å². The molecule has 0 fully saturated rings. The third-order valence-electron chi connectivity index (χ3n) is 6.02. The highest BCUT2D eigenvalue weighted by molar-refractivity contribution is 7.92. The summed E-state index contributed by atoms with van der Waals surface area (Å²) in [4.78, 5) is 26.4. The zero-order valence-electron chi connectivity index (χ0n) is 21.5. The summed E-state index contributed by atoms with van der Waals surface area (Å²) < 4.78 is 29.2. The zero-order chi connectivity index (χ0) is 27.8. The maximum atomic E-state index is 14.0. The third kappa shape index (κ3) is 6.42. The summed E-state index contributed by atoms with van der Waals surface area (Å²) >= 11 is 0. The zero-order valence-corrected chi connectivity index (χ0v) is 22.3. The number of para-hydroxylation sites is 2. The van der Waals surface area contributed by atoms with Gasteiger partial charge >= 0.3 is 0 Å². The second-order valence-corrected chi connectivity index (χ2v) is 10.7. The lowest BCUT2D eigenvalue weighted by molar-refractivity contribution is 0.0959. The Kier molecular flexibility index (Phi) is 8.58. The van der Waals surface area contributed by atoms with E-state index in [1.165, 1.54) is 4.31 Å². The van der Waals surface area contributed by atoms with E-state index < -0.39 is 15.9 Å². The van der Waals surface area contributed by atoms with Crippen molar-refractivity contribution in [3.63, 3.8) is 0 Å². The molecule has 8 heteroatoms. The molecular formula is C31H29N3O4S. The van der Waals surface area contributed by atoms with E-state index in [1.54, 1.807) is 78.9 Å². The van der Waals surface area contributed by atoms with E-state index in [0.717, 1.165) is 11.1 Å². The van der Waals surface area contributed by atoms with Crippen molar-refractivity contribution in [2.45, 2.75) is 18.4 Å². The SMILES string of the molecule is C=CCNC(=O)c1ccccc1NC(=O)c1ccccc1N(Cc1ccccc1)S(=O)(=O)c1ccc(C)cc1. The van der Waals surface area contributed by atoms with Crippen molar-refractivity contribution in [3.8, 4) is 0 Å². The average Bonchev–Trinajstić information content (AvgIpc) is 2.95. The van der Waals surface area contributed by atoms with Crippen LogP contribution in [0.3, 0.4) is 0 Å². The van der Waals surface area contributed by atoms with Crippen LogP contribution in [0.1, 0.15) is 31.8 Å². The van der Waals surface area contributed by atoms with E-state index >= 15 is 0 Å². The molecule has 2 amide bonds. The number of anilines is 2. The smallest absolute Gasteiger partial charge is 0.264 e. The fraction of sp³-hybridized carbons (Fsp3) is 0.0968. The van der Waals surface area contributed by atoms with Crippen LogP contribution < -0.4 is 14.9 Å². The summed E-state index contributed by atoms with van der Waals surface area (Å²) in [6.07, 6.45) is 1.56. The van der Waals surface area contributed by atoms with Gasteiger partial charge in [0.05, 0.1) is 33.9 Å². The number of nitrogens with one attached hydrogen (secondary N) is 2. The highest BCUT2D eigenvalue weighted by Crippen LogP contribution is 2.30. The summed E-state index contributed by atoms with van der Waals surface area (Å²) in [7, 11) is -4.05. The molecule has 2 N–H and O–H groups in total. The molecule has 0 radical (unpaired) electrons. The Bertz CT molecular complexity index is 1580. The van der Waals surface area contributed by atoms with E-state index in [9.17, 15) is 18.0 Å². The summed E-state index contributed by atoms with van der Waals surface area (Å²) in [5, 5.41) is 5.50. The molecule has 0 bridgehead atoms. The molecule has 0 aliphatic rings. The fourth-order valence-electron chi connectivity index (χ4n) is 4.01. The number of rotatable bonds is 10. The number of carbonyl (C=O) groups is 2. The van der Waals surface area contributed by atoms with Gasteiger partial charge in [0.25, 0.3) is 21.8 Å². The Morgan fingerprint density at radius 3 is 2.10 bits per heavy atom. The lowest BCUT2D eigenvalue weighted by atomic mass is 10.1. The number of amides is 2. The minimum Gasteiger partial charge on any atom is -0.349 e. The fourth-order valence-corrected chi connectivity index (χ4v) is 5.48. The average molecular weight is 540 g/mol. The van der Waals surface area contributed by atoms with Gasteiger partial charge in [-0.25, -0.2) is 8.42 Å². The van der Waals surface area contributed by atoms with Gasteiger partial charge in [-0.3, -0.25) is 13.9 Å². The van der Waals surface area contributed by atoms with Gasteiger partial charge < -0.3 is 10.6 Å². The Hall–Kier alpha value is -4.69. The first-order valence-corrected chi connectivity index (χ1v) is 13.8. The number of aryl methyl sites for hydroxylation is 1. The van der Waals surface area contributed by atoms with E-state index in [2.05, 4.69) is 17.2 Å².